The molecule has 1 heterocycles. The second-order valence-electron chi connectivity index (χ2n) is 5.31. The summed E-state index contributed by atoms with van der Waals surface area (Å²) in [6.45, 7) is 0.0536. The highest BCUT2D eigenvalue weighted by atomic mass is 35.5. The Hall–Kier alpha value is -2.73. The predicted octanol–water partition coefficient (Wildman–Crippen LogP) is 1.90. The van der Waals surface area contributed by atoms with E-state index in [9.17, 15) is 9.59 Å². The van der Waals surface area contributed by atoms with Gasteiger partial charge in [0.15, 0.2) is 11.5 Å². The van der Waals surface area contributed by atoms with Crippen LogP contribution in [0.5, 0.6) is 11.5 Å². The molecule has 2 amide bonds. The largest absolute Gasteiger partial charge is 0.454 e. The number of fused-ring (bicyclic) bond motifs is 1. The van der Waals surface area contributed by atoms with Crippen LogP contribution in [0.25, 0.3) is 0 Å². The lowest BCUT2D eigenvalue weighted by atomic mass is 10.0. The summed E-state index contributed by atoms with van der Waals surface area (Å²) < 4.78 is 10.4. The number of benzene rings is 2. The molecule has 0 aliphatic carbocycles. The number of nitrogens with two attached hydrogens (primary N) is 1. The summed E-state index contributed by atoms with van der Waals surface area (Å²) in [4.78, 5) is 24.1. The number of nitrogens with one attached hydrogen (secondary N) is 1. The van der Waals surface area contributed by atoms with E-state index in [2.05, 4.69) is 5.32 Å². The fourth-order valence-corrected chi connectivity index (χ4v) is 2.68. The summed E-state index contributed by atoms with van der Waals surface area (Å²) in [5.74, 6) is -0.274. The van der Waals surface area contributed by atoms with E-state index in [0.29, 0.717) is 17.9 Å². The van der Waals surface area contributed by atoms with Crippen LogP contribution in [0.1, 0.15) is 15.9 Å². The fraction of sp³-hybridized carbons (Fsp3) is 0.176. The van der Waals surface area contributed by atoms with Crippen molar-refractivity contribution < 1.29 is 19.1 Å². The standard InChI is InChI=1S/C17H15ClN2O4/c18-12-7-11(8-14-15(12)24-9-23-14)17(22)20-13(16(19)21)6-10-4-2-1-3-5-10/h1-5,7-8,13H,6,9H2,(H2,19,21)(H,20,22). The maximum Gasteiger partial charge on any atom is 0.252 e. The van der Waals surface area contributed by atoms with Gasteiger partial charge in [0.2, 0.25) is 12.7 Å². The quantitative estimate of drug-likeness (QED) is 0.865. The van der Waals surface area contributed by atoms with E-state index in [-0.39, 0.29) is 17.4 Å². The van der Waals surface area contributed by atoms with E-state index in [0.717, 1.165) is 5.56 Å². The zero-order valence-corrected chi connectivity index (χ0v) is 13.4. The van der Waals surface area contributed by atoms with Crippen molar-refractivity contribution in [2.75, 3.05) is 6.79 Å². The van der Waals surface area contributed by atoms with Crippen LogP contribution in [0.2, 0.25) is 5.02 Å². The number of primary amides is 1. The van der Waals surface area contributed by atoms with E-state index in [1.165, 1.54) is 12.1 Å². The number of ether oxygens (including phenoxy) is 2. The summed E-state index contributed by atoms with van der Waals surface area (Å²) in [5, 5.41) is 2.90. The third kappa shape index (κ3) is 3.44. The zero-order valence-electron chi connectivity index (χ0n) is 12.6. The first kappa shape index (κ1) is 16.1. The lowest BCUT2D eigenvalue weighted by Crippen LogP contribution is -2.45. The van der Waals surface area contributed by atoms with Crippen LogP contribution in [0, 0.1) is 0 Å². The molecule has 2 aromatic carbocycles. The Balaban J connectivity index is 1.77. The molecule has 7 heteroatoms. The van der Waals surface area contributed by atoms with Gasteiger partial charge < -0.3 is 20.5 Å². The van der Waals surface area contributed by atoms with Crippen LogP contribution >= 0.6 is 11.6 Å². The lowest BCUT2D eigenvalue weighted by Gasteiger charge is -2.16. The van der Waals surface area contributed by atoms with Crippen molar-refractivity contribution in [3.8, 4) is 11.5 Å². The summed E-state index contributed by atoms with van der Waals surface area (Å²) in [6.07, 6.45) is 0.306. The van der Waals surface area contributed by atoms with Crippen molar-refractivity contribution in [1.82, 2.24) is 5.32 Å². The molecule has 0 saturated heterocycles. The molecule has 2 aromatic rings. The van der Waals surface area contributed by atoms with Gasteiger partial charge in [-0.15, -0.1) is 0 Å². The first-order valence-corrected chi connectivity index (χ1v) is 7.65. The molecule has 1 aliphatic rings. The van der Waals surface area contributed by atoms with Crippen molar-refractivity contribution in [2.24, 2.45) is 5.73 Å². The summed E-state index contributed by atoms with van der Waals surface area (Å²) in [7, 11) is 0. The topological polar surface area (TPSA) is 90.7 Å². The Morgan fingerprint density at radius 1 is 1.21 bits per heavy atom. The van der Waals surface area contributed by atoms with Gasteiger partial charge in [-0.3, -0.25) is 9.59 Å². The number of carbonyl (C=O) groups is 2. The van der Waals surface area contributed by atoms with E-state index in [1.807, 2.05) is 30.3 Å². The van der Waals surface area contributed by atoms with Crippen LogP contribution in [0.3, 0.4) is 0 Å². The Morgan fingerprint density at radius 3 is 2.67 bits per heavy atom. The monoisotopic (exact) mass is 346 g/mol. The molecule has 1 atom stereocenters. The minimum absolute atomic E-state index is 0.0536. The number of carbonyl (C=O) groups excluding carboxylic acids is 2. The third-order valence-electron chi connectivity index (χ3n) is 3.62. The van der Waals surface area contributed by atoms with Gasteiger partial charge in [-0.25, -0.2) is 0 Å². The Morgan fingerprint density at radius 2 is 1.96 bits per heavy atom. The van der Waals surface area contributed by atoms with E-state index in [4.69, 9.17) is 26.8 Å². The smallest absolute Gasteiger partial charge is 0.252 e. The van der Waals surface area contributed by atoms with Gasteiger partial charge in [-0.1, -0.05) is 41.9 Å². The first-order valence-electron chi connectivity index (χ1n) is 7.28. The van der Waals surface area contributed by atoms with Crippen LogP contribution in [0.15, 0.2) is 42.5 Å². The fourth-order valence-electron chi connectivity index (χ4n) is 2.41. The van der Waals surface area contributed by atoms with Crippen molar-refractivity contribution >= 4 is 23.4 Å². The van der Waals surface area contributed by atoms with Crippen LogP contribution in [0.4, 0.5) is 0 Å². The first-order chi connectivity index (χ1) is 11.5. The molecule has 0 saturated carbocycles. The van der Waals surface area contributed by atoms with E-state index in [1.54, 1.807) is 0 Å². The third-order valence-corrected chi connectivity index (χ3v) is 3.90. The number of hydrogen-bond donors (Lipinski definition) is 2. The lowest BCUT2D eigenvalue weighted by molar-refractivity contribution is -0.119. The minimum Gasteiger partial charge on any atom is -0.454 e. The molecular weight excluding hydrogens is 332 g/mol. The Labute approximate surface area is 143 Å². The summed E-state index contributed by atoms with van der Waals surface area (Å²) in [5.41, 5.74) is 6.57. The molecule has 0 spiro atoms. The average Bonchev–Trinajstić information content (AvgIpc) is 3.04. The molecule has 1 unspecified atom stereocenters. The second kappa shape index (κ2) is 6.80. The maximum atomic E-state index is 12.4. The number of hydrogen-bond acceptors (Lipinski definition) is 4. The summed E-state index contributed by atoms with van der Waals surface area (Å²) in [6, 6.07) is 11.5. The number of halogens is 1. The number of rotatable bonds is 5. The molecule has 0 aromatic heterocycles. The molecule has 1 aliphatic heterocycles. The Kier molecular flexibility index (Phi) is 4.57. The van der Waals surface area contributed by atoms with Crippen LogP contribution in [-0.4, -0.2) is 24.6 Å². The zero-order chi connectivity index (χ0) is 17.1. The van der Waals surface area contributed by atoms with E-state index < -0.39 is 17.9 Å². The minimum atomic E-state index is -0.830. The SMILES string of the molecule is NC(=O)C(Cc1ccccc1)NC(=O)c1cc(Cl)c2c(c1)OCO2. The van der Waals surface area contributed by atoms with Crippen molar-refractivity contribution in [2.45, 2.75) is 12.5 Å². The molecule has 124 valence electrons. The van der Waals surface area contributed by atoms with Gasteiger partial charge in [0.25, 0.3) is 5.91 Å². The van der Waals surface area contributed by atoms with Crippen LogP contribution in [-0.2, 0) is 11.2 Å². The molecule has 3 rings (SSSR count). The van der Waals surface area contributed by atoms with Gasteiger partial charge in [-0.05, 0) is 17.7 Å². The number of amides is 2. The van der Waals surface area contributed by atoms with Gasteiger partial charge in [-0.2, -0.15) is 0 Å². The highest BCUT2D eigenvalue weighted by molar-refractivity contribution is 6.32. The maximum absolute atomic E-state index is 12.4. The van der Waals surface area contributed by atoms with Crippen molar-refractivity contribution in [1.29, 1.82) is 0 Å². The van der Waals surface area contributed by atoms with Gasteiger partial charge >= 0.3 is 0 Å². The predicted molar refractivity (Wildman–Crippen MR) is 88.2 cm³/mol. The van der Waals surface area contributed by atoms with Gasteiger partial charge in [0, 0.05) is 12.0 Å². The molecule has 0 radical (unpaired) electrons. The van der Waals surface area contributed by atoms with Gasteiger partial charge in [0.1, 0.15) is 6.04 Å². The highest BCUT2D eigenvalue weighted by Crippen LogP contribution is 2.39. The van der Waals surface area contributed by atoms with Crippen LogP contribution < -0.4 is 20.5 Å². The molecular formula is C17H15ClN2O4. The normalized spacial score (nSPS) is 13.4. The average molecular weight is 347 g/mol. The molecule has 0 bridgehead atoms. The highest BCUT2D eigenvalue weighted by Gasteiger charge is 2.23. The van der Waals surface area contributed by atoms with Crippen molar-refractivity contribution in [3.63, 3.8) is 0 Å². The second-order valence-corrected chi connectivity index (χ2v) is 5.72. The Bertz CT molecular complexity index is 780. The molecule has 0 fully saturated rings. The van der Waals surface area contributed by atoms with E-state index >= 15 is 0 Å². The molecule has 6 nitrogen and oxygen atoms in total. The molecule has 24 heavy (non-hydrogen) atoms. The van der Waals surface area contributed by atoms with Gasteiger partial charge in [0.05, 0.1) is 5.02 Å². The summed E-state index contributed by atoms with van der Waals surface area (Å²) >= 11 is 6.07. The molecule has 3 N–H and O–H groups in total. The van der Waals surface area contributed by atoms with Crippen molar-refractivity contribution in [3.05, 3.63) is 58.6 Å².